The summed E-state index contributed by atoms with van der Waals surface area (Å²) < 4.78 is 0. The Kier molecular flexibility index (Phi) is 9.03. The quantitative estimate of drug-likeness (QED) is 0.319. The van der Waals surface area contributed by atoms with E-state index in [2.05, 4.69) is 132 Å². The number of benzene rings is 2. The number of hydrazine groups is 1. The third kappa shape index (κ3) is 6.62. The molecular weight excluding hydrogens is 454 g/mol. The Balaban J connectivity index is 1.51. The van der Waals surface area contributed by atoms with Crippen LogP contribution in [0.3, 0.4) is 0 Å². The maximum atomic E-state index is 4.57. The van der Waals surface area contributed by atoms with Crippen LogP contribution in [0, 0.1) is 0 Å². The number of nitrogens with one attached hydrogen (secondary N) is 1. The first-order chi connectivity index (χ1) is 18.1. The molecule has 3 aromatic rings. The molecule has 5 nitrogen and oxygen atoms in total. The molecule has 1 aromatic heterocycles. The van der Waals surface area contributed by atoms with Gasteiger partial charge in [0.1, 0.15) is 5.82 Å². The summed E-state index contributed by atoms with van der Waals surface area (Å²) in [7, 11) is 0. The molecule has 2 aromatic carbocycles. The van der Waals surface area contributed by atoms with Gasteiger partial charge in [-0.1, -0.05) is 48.6 Å². The lowest BCUT2D eigenvalue weighted by Crippen LogP contribution is -2.38. The van der Waals surface area contributed by atoms with Gasteiger partial charge in [-0.2, -0.15) is 0 Å². The second-order valence-electron chi connectivity index (χ2n) is 9.00. The van der Waals surface area contributed by atoms with E-state index in [1.807, 2.05) is 24.4 Å². The number of nitrogens with zero attached hydrogens (tertiary/aromatic N) is 4. The summed E-state index contributed by atoms with van der Waals surface area (Å²) in [6.07, 6.45) is 12.7. The standard InChI is InChI=1S/C32H39N5/c1-5-35(6-2)29-19-13-26(14-20-29)12-18-28-25-31(37(34-28)32-11-9-10-24-33-32)23-17-27-15-21-30(22-16-27)36(7-3)8-4/h9-25,31,34H,5-8H2,1-4H3. The van der Waals surface area contributed by atoms with E-state index >= 15 is 0 Å². The Morgan fingerprint density at radius 2 is 1.30 bits per heavy atom. The molecular formula is C32H39N5. The largest absolute Gasteiger partial charge is 0.372 e. The van der Waals surface area contributed by atoms with E-state index in [9.17, 15) is 0 Å². The molecule has 0 spiro atoms. The highest BCUT2D eigenvalue weighted by atomic mass is 15.6. The van der Waals surface area contributed by atoms with Crippen molar-refractivity contribution in [2.45, 2.75) is 33.7 Å². The molecule has 2 heterocycles. The lowest BCUT2D eigenvalue weighted by molar-refractivity contribution is 0.743. The third-order valence-electron chi connectivity index (χ3n) is 6.78. The summed E-state index contributed by atoms with van der Waals surface area (Å²) in [4.78, 5) is 9.28. The van der Waals surface area contributed by atoms with Crippen molar-refractivity contribution in [3.63, 3.8) is 0 Å². The molecule has 1 atom stereocenters. The van der Waals surface area contributed by atoms with Crippen molar-refractivity contribution in [3.05, 3.63) is 108 Å². The minimum absolute atomic E-state index is 0.0436. The van der Waals surface area contributed by atoms with Crippen LogP contribution in [0.15, 0.2) is 96.9 Å². The van der Waals surface area contributed by atoms with Gasteiger partial charge in [-0.15, -0.1) is 0 Å². The van der Waals surface area contributed by atoms with Crippen molar-refractivity contribution in [3.8, 4) is 0 Å². The Hall–Kier alpha value is -3.99. The molecule has 0 fully saturated rings. The Labute approximate surface area is 222 Å². The summed E-state index contributed by atoms with van der Waals surface area (Å²) in [5.74, 6) is 0.886. The number of rotatable bonds is 11. The van der Waals surface area contributed by atoms with Gasteiger partial charge < -0.3 is 9.80 Å². The molecule has 0 amide bonds. The van der Waals surface area contributed by atoms with Gasteiger partial charge in [-0.05, 0) is 87.4 Å². The second-order valence-corrected chi connectivity index (χ2v) is 9.00. The fourth-order valence-electron chi connectivity index (χ4n) is 4.62. The van der Waals surface area contributed by atoms with E-state index in [1.165, 1.54) is 22.5 Å². The van der Waals surface area contributed by atoms with Crippen LogP contribution in [0.5, 0.6) is 0 Å². The van der Waals surface area contributed by atoms with Crippen molar-refractivity contribution in [1.82, 2.24) is 10.4 Å². The van der Waals surface area contributed by atoms with Crippen LogP contribution >= 0.6 is 0 Å². The van der Waals surface area contributed by atoms with E-state index in [4.69, 9.17) is 0 Å². The number of anilines is 3. The fraction of sp³-hybridized carbons (Fsp3) is 0.281. The van der Waals surface area contributed by atoms with Crippen LogP contribution in [0.2, 0.25) is 0 Å². The van der Waals surface area contributed by atoms with Crippen molar-refractivity contribution < 1.29 is 0 Å². The summed E-state index contributed by atoms with van der Waals surface area (Å²) >= 11 is 0. The van der Waals surface area contributed by atoms with Gasteiger partial charge in [0.25, 0.3) is 0 Å². The Morgan fingerprint density at radius 3 is 1.81 bits per heavy atom. The summed E-state index contributed by atoms with van der Waals surface area (Å²) in [5, 5.41) is 2.10. The highest BCUT2D eigenvalue weighted by Crippen LogP contribution is 2.23. The molecule has 0 bridgehead atoms. The Bertz CT molecular complexity index is 1190. The predicted molar refractivity (Wildman–Crippen MR) is 160 cm³/mol. The van der Waals surface area contributed by atoms with E-state index < -0.39 is 0 Å². The number of hydrogen-bond acceptors (Lipinski definition) is 5. The van der Waals surface area contributed by atoms with Crippen LogP contribution in [0.4, 0.5) is 17.2 Å². The van der Waals surface area contributed by atoms with Gasteiger partial charge >= 0.3 is 0 Å². The van der Waals surface area contributed by atoms with Crippen molar-refractivity contribution in [2.75, 3.05) is 41.0 Å². The third-order valence-corrected chi connectivity index (χ3v) is 6.78. The topological polar surface area (TPSA) is 34.6 Å². The average Bonchev–Trinajstić information content (AvgIpc) is 3.37. The maximum absolute atomic E-state index is 4.57. The van der Waals surface area contributed by atoms with E-state index in [0.29, 0.717) is 0 Å². The van der Waals surface area contributed by atoms with Crippen LogP contribution in [-0.2, 0) is 0 Å². The van der Waals surface area contributed by atoms with Gasteiger partial charge in [-0.25, -0.2) is 4.98 Å². The smallest absolute Gasteiger partial charge is 0.147 e. The number of hydrogen-bond donors (Lipinski definition) is 1. The highest BCUT2D eigenvalue weighted by molar-refractivity contribution is 5.61. The lowest BCUT2D eigenvalue weighted by Gasteiger charge is -2.24. The molecule has 5 heteroatoms. The number of pyridine rings is 1. The first kappa shape index (κ1) is 26.1. The zero-order valence-electron chi connectivity index (χ0n) is 22.5. The molecule has 4 rings (SSSR count). The number of aromatic nitrogens is 1. The normalized spacial score (nSPS) is 15.3. The second kappa shape index (κ2) is 12.8. The molecule has 0 radical (unpaired) electrons. The van der Waals surface area contributed by atoms with Gasteiger partial charge in [0.15, 0.2) is 0 Å². The molecule has 0 saturated carbocycles. The molecule has 0 aliphatic carbocycles. The maximum Gasteiger partial charge on any atom is 0.147 e. The average molecular weight is 494 g/mol. The molecule has 37 heavy (non-hydrogen) atoms. The minimum Gasteiger partial charge on any atom is -0.372 e. The highest BCUT2D eigenvalue weighted by Gasteiger charge is 2.22. The lowest BCUT2D eigenvalue weighted by atomic mass is 10.1. The van der Waals surface area contributed by atoms with Gasteiger partial charge in [0.05, 0.1) is 11.7 Å². The van der Waals surface area contributed by atoms with E-state index in [-0.39, 0.29) is 6.04 Å². The van der Waals surface area contributed by atoms with E-state index in [0.717, 1.165) is 37.7 Å². The zero-order valence-corrected chi connectivity index (χ0v) is 22.5. The van der Waals surface area contributed by atoms with Crippen LogP contribution in [0.25, 0.3) is 12.2 Å². The molecule has 1 aliphatic rings. The molecule has 0 saturated heterocycles. The fourth-order valence-corrected chi connectivity index (χ4v) is 4.62. The summed E-state index contributed by atoms with van der Waals surface area (Å²) in [6, 6.07) is 23.5. The van der Waals surface area contributed by atoms with Gasteiger partial charge in [0.2, 0.25) is 0 Å². The van der Waals surface area contributed by atoms with Crippen LogP contribution in [0.1, 0.15) is 38.8 Å². The SMILES string of the molecule is CCN(CC)c1ccc(C=CC2=CC(C=Cc3ccc(N(CC)CC)cc3)N(c3ccccn3)N2)cc1. The van der Waals surface area contributed by atoms with E-state index in [1.54, 1.807) is 0 Å². The summed E-state index contributed by atoms with van der Waals surface area (Å²) in [6.45, 7) is 12.8. The Morgan fingerprint density at radius 1 is 0.730 bits per heavy atom. The molecule has 1 aliphatic heterocycles. The predicted octanol–water partition coefficient (Wildman–Crippen LogP) is 6.78. The van der Waals surface area contributed by atoms with Crippen molar-refractivity contribution in [2.24, 2.45) is 0 Å². The zero-order chi connectivity index (χ0) is 26.0. The molecule has 1 unspecified atom stereocenters. The van der Waals surface area contributed by atoms with Gasteiger partial charge in [0, 0.05) is 43.8 Å². The first-order valence-corrected chi connectivity index (χ1v) is 13.4. The summed E-state index contributed by atoms with van der Waals surface area (Å²) in [5.41, 5.74) is 9.46. The minimum atomic E-state index is 0.0436. The first-order valence-electron chi connectivity index (χ1n) is 13.4. The number of allylic oxidation sites excluding steroid dienone is 1. The molecule has 192 valence electrons. The monoisotopic (exact) mass is 493 g/mol. The van der Waals surface area contributed by atoms with Crippen LogP contribution < -0.4 is 20.2 Å². The van der Waals surface area contributed by atoms with Crippen LogP contribution in [-0.4, -0.2) is 37.2 Å². The molecule has 1 N–H and O–H groups in total. The van der Waals surface area contributed by atoms with Crippen molar-refractivity contribution >= 4 is 29.3 Å². The van der Waals surface area contributed by atoms with Gasteiger partial charge in [-0.3, -0.25) is 10.4 Å². The van der Waals surface area contributed by atoms with Crippen molar-refractivity contribution in [1.29, 1.82) is 0 Å².